The lowest BCUT2D eigenvalue weighted by molar-refractivity contribution is -0.141. The van der Waals surface area contributed by atoms with Crippen LogP contribution in [0, 0.1) is 26.7 Å². The summed E-state index contributed by atoms with van der Waals surface area (Å²) in [5, 5.41) is 11.8. The molecule has 2 rings (SSSR count). The maximum atomic E-state index is 12.5. The summed E-state index contributed by atoms with van der Waals surface area (Å²) in [6.07, 6.45) is 1.63. The first kappa shape index (κ1) is 20.4. The molecule has 8 heteroatoms. The van der Waals surface area contributed by atoms with Crippen LogP contribution in [0.25, 0.3) is 0 Å². The van der Waals surface area contributed by atoms with Gasteiger partial charge in [0.2, 0.25) is 15.9 Å². The van der Waals surface area contributed by atoms with Crippen molar-refractivity contribution in [3.63, 3.8) is 0 Å². The largest absolute Gasteiger partial charge is 0.481 e. The van der Waals surface area contributed by atoms with Gasteiger partial charge in [-0.25, -0.2) is 13.1 Å². The molecule has 3 N–H and O–H groups in total. The van der Waals surface area contributed by atoms with Crippen molar-refractivity contribution in [2.45, 2.75) is 57.4 Å². The Hall–Kier alpha value is -1.93. The van der Waals surface area contributed by atoms with Crippen molar-refractivity contribution in [1.82, 2.24) is 10.0 Å². The number of benzene rings is 1. The molecule has 1 fully saturated rings. The van der Waals surface area contributed by atoms with Gasteiger partial charge in [0.1, 0.15) is 0 Å². The number of amides is 1. The molecule has 0 bridgehead atoms. The Kier molecular flexibility index (Phi) is 6.41. The molecule has 0 spiro atoms. The van der Waals surface area contributed by atoms with Gasteiger partial charge >= 0.3 is 5.97 Å². The molecule has 0 aliphatic heterocycles. The van der Waals surface area contributed by atoms with E-state index in [2.05, 4.69) is 10.0 Å². The summed E-state index contributed by atoms with van der Waals surface area (Å²) in [5.74, 6) is -1.52. The zero-order valence-corrected chi connectivity index (χ0v) is 16.1. The monoisotopic (exact) mass is 382 g/mol. The van der Waals surface area contributed by atoms with Gasteiger partial charge < -0.3 is 10.4 Å². The van der Waals surface area contributed by atoms with E-state index in [9.17, 15) is 18.0 Å². The average Bonchev–Trinajstić information content (AvgIpc) is 2.94. The van der Waals surface area contributed by atoms with Gasteiger partial charge in [0.25, 0.3) is 0 Å². The summed E-state index contributed by atoms with van der Waals surface area (Å²) < 4.78 is 27.5. The molecule has 1 aliphatic carbocycles. The quantitative estimate of drug-likeness (QED) is 0.664. The SMILES string of the molecule is Cc1cc(C)c(S(=O)(=O)NCCC(=O)N[C@H]2CC[C@@H](C(=O)O)C2)c(C)c1. The van der Waals surface area contributed by atoms with Crippen molar-refractivity contribution in [2.75, 3.05) is 6.54 Å². The van der Waals surface area contributed by atoms with Crippen LogP contribution >= 0.6 is 0 Å². The van der Waals surface area contributed by atoms with Crippen molar-refractivity contribution in [3.05, 3.63) is 28.8 Å². The zero-order chi connectivity index (χ0) is 19.5. The minimum Gasteiger partial charge on any atom is -0.481 e. The number of nitrogens with one attached hydrogen (secondary N) is 2. The van der Waals surface area contributed by atoms with Crippen LogP contribution in [0.2, 0.25) is 0 Å². The maximum Gasteiger partial charge on any atom is 0.306 e. The molecule has 26 heavy (non-hydrogen) atoms. The third-order valence-corrected chi connectivity index (χ3v) is 6.43. The number of hydrogen-bond donors (Lipinski definition) is 3. The van der Waals surface area contributed by atoms with E-state index in [4.69, 9.17) is 5.11 Å². The molecule has 1 aromatic rings. The zero-order valence-electron chi connectivity index (χ0n) is 15.3. The molecule has 0 aromatic heterocycles. The summed E-state index contributed by atoms with van der Waals surface area (Å²) in [6.45, 7) is 5.41. The Labute approximate surface area is 154 Å². The maximum absolute atomic E-state index is 12.5. The molecule has 1 saturated carbocycles. The molecule has 2 atom stereocenters. The highest BCUT2D eigenvalue weighted by atomic mass is 32.2. The lowest BCUT2D eigenvalue weighted by atomic mass is 10.1. The van der Waals surface area contributed by atoms with E-state index in [0.717, 1.165) is 5.56 Å². The molecule has 7 nitrogen and oxygen atoms in total. The number of rotatable bonds is 7. The summed E-state index contributed by atoms with van der Waals surface area (Å²) in [5.41, 5.74) is 2.34. The molecule has 0 radical (unpaired) electrons. The number of carboxylic acid groups (broad SMARTS) is 1. The minimum absolute atomic E-state index is 0.00397. The first-order valence-corrected chi connectivity index (χ1v) is 10.2. The first-order chi connectivity index (χ1) is 12.1. The summed E-state index contributed by atoms with van der Waals surface area (Å²) >= 11 is 0. The number of carbonyl (C=O) groups is 2. The van der Waals surface area contributed by atoms with E-state index in [1.807, 2.05) is 19.1 Å². The molecule has 1 aliphatic rings. The van der Waals surface area contributed by atoms with Crippen LogP contribution in [0.1, 0.15) is 42.4 Å². The van der Waals surface area contributed by atoms with Crippen molar-refractivity contribution in [1.29, 1.82) is 0 Å². The van der Waals surface area contributed by atoms with Crippen LogP contribution in [0.3, 0.4) is 0 Å². The second-order valence-corrected chi connectivity index (χ2v) is 8.69. The van der Waals surface area contributed by atoms with Crippen LogP contribution in [0.5, 0.6) is 0 Å². The lowest BCUT2D eigenvalue weighted by Gasteiger charge is -2.14. The van der Waals surface area contributed by atoms with Gasteiger partial charge in [-0.1, -0.05) is 17.7 Å². The van der Waals surface area contributed by atoms with Crippen molar-refractivity contribution in [2.24, 2.45) is 5.92 Å². The Bertz CT molecular complexity index is 781. The highest BCUT2D eigenvalue weighted by molar-refractivity contribution is 7.89. The van der Waals surface area contributed by atoms with E-state index < -0.39 is 21.9 Å². The van der Waals surface area contributed by atoms with Crippen molar-refractivity contribution in [3.8, 4) is 0 Å². The van der Waals surface area contributed by atoms with Crippen molar-refractivity contribution < 1.29 is 23.1 Å². The third kappa shape index (κ3) is 5.04. The number of aryl methyl sites for hydroxylation is 3. The predicted octanol–water partition coefficient (Wildman–Crippen LogP) is 1.65. The van der Waals surface area contributed by atoms with E-state index in [-0.39, 0.29) is 29.8 Å². The second-order valence-electron chi connectivity index (χ2n) is 6.99. The summed E-state index contributed by atoms with van der Waals surface area (Å²) in [7, 11) is -3.69. The average molecular weight is 382 g/mol. The Morgan fingerprint density at radius 3 is 2.31 bits per heavy atom. The molecular formula is C18H26N2O5S. The number of carboxylic acids is 1. The fourth-order valence-electron chi connectivity index (χ4n) is 3.60. The van der Waals surface area contributed by atoms with Crippen LogP contribution in [0.4, 0.5) is 0 Å². The van der Waals surface area contributed by atoms with E-state index in [0.29, 0.717) is 30.4 Å². The topological polar surface area (TPSA) is 113 Å². The number of sulfonamides is 1. The smallest absolute Gasteiger partial charge is 0.306 e. The fraction of sp³-hybridized carbons (Fsp3) is 0.556. The second kappa shape index (κ2) is 8.18. The van der Waals surface area contributed by atoms with Gasteiger partial charge in [-0.05, 0) is 51.2 Å². The Morgan fingerprint density at radius 2 is 1.77 bits per heavy atom. The number of hydrogen-bond acceptors (Lipinski definition) is 4. The molecule has 0 heterocycles. The number of aliphatic carboxylic acids is 1. The minimum atomic E-state index is -3.69. The molecule has 1 aromatic carbocycles. The molecule has 0 saturated heterocycles. The predicted molar refractivity (Wildman–Crippen MR) is 97.4 cm³/mol. The third-order valence-electron chi connectivity index (χ3n) is 4.66. The van der Waals surface area contributed by atoms with Crippen LogP contribution in [0.15, 0.2) is 17.0 Å². The Balaban J connectivity index is 1.87. The van der Waals surface area contributed by atoms with Gasteiger partial charge in [0.15, 0.2) is 0 Å². The van der Waals surface area contributed by atoms with E-state index in [1.165, 1.54) is 0 Å². The number of carbonyl (C=O) groups excluding carboxylic acids is 1. The molecular weight excluding hydrogens is 356 g/mol. The molecule has 1 amide bonds. The van der Waals surface area contributed by atoms with Gasteiger partial charge in [-0.2, -0.15) is 0 Å². The molecule has 144 valence electrons. The van der Waals surface area contributed by atoms with Crippen LogP contribution in [-0.4, -0.2) is 38.0 Å². The van der Waals surface area contributed by atoms with Crippen LogP contribution < -0.4 is 10.0 Å². The highest BCUT2D eigenvalue weighted by Crippen LogP contribution is 2.25. The van der Waals surface area contributed by atoms with Gasteiger partial charge in [-0.15, -0.1) is 0 Å². The van der Waals surface area contributed by atoms with E-state index in [1.54, 1.807) is 13.8 Å². The standard InChI is InChI=1S/C18H26N2O5S/c1-11-8-12(2)17(13(3)9-11)26(24,25)19-7-6-16(21)20-15-5-4-14(10-15)18(22)23/h8-9,14-15,19H,4-7,10H2,1-3H3,(H,20,21)(H,22,23)/t14-,15+/m1/s1. The fourth-order valence-corrected chi connectivity index (χ4v) is 5.08. The summed E-state index contributed by atoms with van der Waals surface area (Å²) in [6, 6.07) is 3.47. The summed E-state index contributed by atoms with van der Waals surface area (Å²) in [4.78, 5) is 23.2. The van der Waals surface area contributed by atoms with Crippen LogP contribution in [-0.2, 0) is 19.6 Å². The Morgan fingerprint density at radius 1 is 1.15 bits per heavy atom. The van der Waals surface area contributed by atoms with Gasteiger partial charge in [0, 0.05) is 19.0 Å². The molecule has 0 unspecified atom stereocenters. The van der Waals surface area contributed by atoms with Crippen molar-refractivity contribution >= 4 is 21.9 Å². The van der Waals surface area contributed by atoms with Gasteiger partial charge in [-0.3, -0.25) is 9.59 Å². The van der Waals surface area contributed by atoms with Gasteiger partial charge in [0.05, 0.1) is 10.8 Å². The first-order valence-electron chi connectivity index (χ1n) is 8.70. The highest BCUT2D eigenvalue weighted by Gasteiger charge is 2.30. The lowest BCUT2D eigenvalue weighted by Crippen LogP contribution is -2.36. The normalized spacial score (nSPS) is 20.1. The van der Waals surface area contributed by atoms with E-state index >= 15 is 0 Å².